The molecule has 3 rings (SSSR count). The summed E-state index contributed by atoms with van der Waals surface area (Å²) in [4.78, 5) is 34.8. The molecule has 28 heavy (non-hydrogen) atoms. The van der Waals surface area contributed by atoms with Crippen molar-refractivity contribution in [3.8, 4) is 0 Å². The molecule has 7 nitrogen and oxygen atoms in total. The zero-order valence-corrected chi connectivity index (χ0v) is 17.1. The number of hydrogen-bond donors (Lipinski definition) is 1. The van der Waals surface area contributed by atoms with E-state index in [1.54, 1.807) is 14.1 Å². The number of carbonyl (C=O) groups excluding carboxylic acids is 2. The van der Waals surface area contributed by atoms with Crippen molar-refractivity contribution in [1.82, 2.24) is 25.0 Å². The standard InChI is InChI=1S/C21H33N5O2/c1-24(2)20(27)14-23-21(28)18-4-3-11-26(16-18)19-7-12-25(13-8-19)15-17-5-9-22-10-6-17/h5-6,9-10,18-19H,3-4,7-8,11-16H2,1-2H3,(H,23,28)/t18-/m0/s1. The van der Waals surface area contributed by atoms with Gasteiger partial charge in [-0.2, -0.15) is 0 Å². The molecule has 2 saturated heterocycles. The highest BCUT2D eigenvalue weighted by molar-refractivity contribution is 5.85. The fraction of sp³-hybridized carbons (Fsp3) is 0.667. The SMILES string of the molecule is CN(C)C(=O)CNC(=O)[C@H]1CCCN(C2CCN(Cc3ccncc3)CC2)C1. The number of pyridine rings is 1. The van der Waals surface area contributed by atoms with E-state index in [1.807, 2.05) is 12.4 Å². The highest BCUT2D eigenvalue weighted by Gasteiger charge is 2.31. The number of likely N-dealkylation sites (N-methyl/N-ethyl adjacent to an activating group) is 1. The fourth-order valence-corrected chi connectivity index (χ4v) is 4.21. The minimum absolute atomic E-state index is 0.00133. The van der Waals surface area contributed by atoms with Crippen LogP contribution in [0.3, 0.4) is 0 Å². The monoisotopic (exact) mass is 387 g/mol. The molecule has 0 bridgehead atoms. The first-order chi connectivity index (χ1) is 13.5. The van der Waals surface area contributed by atoms with Crippen LogP contribution in [0, 0.1) is 5.92 Å². The van der Waals surface area contributed by atoms with Crippen LogP contribution in [0.5, 0.6) is 0 Å². The van der Waals surface area contributed by atoms with Crippen molar-refractivity contribution in [1.29, 1.82) is 0 Å². The van der Waals surface area contributed by atoms with E-state index in [2.05, 4.69) is 32.2 Å². The summed E-state index contributed by atoms with van der Waals surface area (Å²) in [6, 6.07) is 4.73. The van der Waals surface area contributed by atoms with Crippen LogP contribution in [0.4, 0.5) is 0 Å². The van der Waals surface area contributed by atoms with Gasteiger partial charge in [0.1, 0.15) is 0 Å². The summed E-state index contributed by atoms with van der Waals surface area (Å²) in [5.41, 5.74) is 1.32. The third-order valence-corrected chi connectivity index (χ3v) is 5.97. The summed E-state index contributed by atoms with van der Waals surface area (Å²) in [6.45, 7) is 5.16. The van der Waals surface area contributed by atoms with E-state index in [0.29, 0.717) is 6.04 Å². The van der Waals surface area contributed by atoms with Crippen molar-refractivity contribution in [3.63, 3.8) is 0 Å². The minimum Gasteiger partial charge on any atom is -0.347 e. The van der Waals surface area contributed by atoms with Crippen LogP contribution in [-0.4, -0.2) is 84.4 Å². The second-order valence-corrected chi connectivity index (χ2v) is 8.20. The van der Waals surface area contributed by atoms with Gasteiger partial charge in [0.05, 0.1) is 12.5 Å². The Morgan fingerprint density at radius 3 is 2.54 bits per heavy atom. The molecule has 154 valence electrons. The highest BCUT2D eigenvalue weighted by atomic mass is 16.2. The van der Waals surface area contributed by atoms with Gasteiger partial charge in [-0.05, 0) is 63.0 Å². The van der Waals surface area contributed by atoms with Crippen LogP contribution < -0.4 is 5.32 Å². The predicted octanol–water partition coefficient (Wildman–Crippen LogP) is 0.962. The number of hydrogen-bond acceptors (Lipinski definition) is 5. The maximum atomic E-state index is 12.5. The molecule has 0 saturated carbocycles. The normalized spacial score (nSPS) is 22.0. The van der Waals surface area contributed by atoms with Gasteiger partial charge in [-0.15, -0.1) is 0 Å². The average Bonchev–Trinajstić information content (AvgIpc) is 2.73. The molecule has 2 aliphatic rings. The maximum Gasteiger partial charge on any atom is 0.241 e. The van der Waals surface area contributed by atoms with Gasteiger partial charge in [-0.25, -0.2) is 0 Å². The van der Waals surface area contributed by atoms with Crippen LogP contribution in [0.2, 0.25) is 0 Å². The lowest BCUT2D eigenvalue weighted by molar-refractivity contribution is -0.133. The summed E-state index contributed by atoms with van der Waals surface area (Å²) in [5, 5.41) is 2.82. The highest BCUT2D eigenvalue weighted by Crippen LogP contribution is 2.24. The Morgan fingerprint density at radius 2 is 1.86 bits per heavy atom. The Labute approximate surface area is 168 Å². The van der Waals surface area contributed by atoms with Crippen LogP contribution in [0.15, 0.2) is 24.5 Å². The van der Waals surface area contributed by atoms with Gasteiger partial charge in [0.2, 0.25) is 11.8 Å². The van der Waals surface area contributed by atoms with Gasteiger partial charge < -0.3 is 10.2 Å². The van der Waals surface area contributed by atoms with E-state index in [4.69, 9.17) is 0 Å². The van der Waals surface area contributed by atoms with Gasteiger partial charge in [0.25, 0.3) is 0 Å². The van der Waals surface area contributed by atoms with Gasteiger partial charge in [-0.3, -0.25) is 24.4 Å². The van der Waals surface area contributed by atoms with E-state index >= 15 is 0 Å². The number of piperidine rings is 2. The Kier molecular flexibility index (Phi) is 7.39. The zero-order chi connectivity index (χ0) is 19.9. The molecule has 0 aliphatic carbocycles. The van der Waals surface area contributed by atoms with Gasteiger partial charge in [0, 0.05) is 45.6 Å². The Balaban J connectivity index is 1.43. The van der Waals surface area contributed by atoms with Crippen molar-refractivity contribution in [2.24, 2.45) is 5.92 Å². The summed E-state index contributed by atoms with van der Waals surface area (Å²) < 4.78 is 0. The molecule has 1 aromatic rings. The third-order valence-electron chi connectivity index (χ3n) is 5.97. The Morgan fingerprint density at radius 1 is 1.14 bits per heavy atom. The van der Waals surface area contributed by atoms with Crippen LogP contribution in [0.1, 0.15) is 31.2 Å². The summed E-state index contributed by atoms with van der Waals surface area (Å²) in [6.07, 6.45) is 7.98. The predicted molar refractivity (Wildman–Crippen MR) is 109 cm³/mol. The van der Waals surface area contributed by atoms with Crippen molar-refractivity contribution < 1.29 is 9.59 Å². The molecule has 2 fully saturated rings. The average molecular weight is 388 g/mol. The number of aromatic nitrogens is 1. The molecule has 2 aliphatic heterocycles. The third kappa shape index (κ3) is 5.75. The van der Waals surface area contributed by atoms with E-state index in [1.165, 1.54) is 10.5 Å². The second kappa shape index (κ2) is 9.98. The smallest absolute Gasteiger partial charge is 0.241 e. The number of carbonyl (C=O) groups is 2. The fourth-order valence-electron chi connectivity index (χ4n) is 4.21. The maximum absolute atomic E-state index is 12.5. The number of rotatable bonds is 6. The molecule has 3 heterocycles. The number of amides is 2. The molecule has 1 aromatic heterocycles. The first-order valence-corrected chi connectivity index (χ1v) is 10.4. The zero-order valence-electron chi connectivity index (χ0n) is 17.1. The lowest BCUT2D eigenvalue weighted by atomic mass is 9.93. The van der Waals surface area contributed by atoms with E-state index < -0.39 is 0 Å². The summed E-state index contributed by atoms with van der Waals surface area (Å²) in [5.74, 6) is -0.0452. The molecule has 0 aromatic carbocycles. The molecule has 2 amide bonds. The minimum atomic E-state index is -0.0671. The lowest BCUT2D eigenvalue weighted by Crippen LogP contribution is -2.51. The molecule has 1 N–H and O–H groups in total. The van der Waals surface area contributed by atoms with Gasteiger partial charge >= 0.3 is 0 Å². The quantitative estimate of drug-likeness (QED) is 0.788. The van der Waals surface area contributed by atoms with E-state index in [9.17, 15) is 9.59 Å². The van der Waals surface area contributed by atoms with Crippen molar-refractivity contribution in [2.75, 3.05) is 46.8 Å². The van der Waals surface area contributed by atoms with Crippen LogP contribution in [0.25, 0.3) is 0 Å². The first kappa shape index (κ1) is 20.7. The molecule has 1 atom stereocenters. The van der Waals surface area contributed by atoms with E-state index in [-0.39, 0.29) is 24.3 Å². The Hall–Kier alpha value is -1.99. The molecule has 0 unspecified atom stereocenters. The van der Waals surface area contributed by atoms with Gasteiger partial charge in [0.15, 0.2) is 0 Å². The number of nitrogens with one attached hydrogen (secondary N) is 1. The molecule has 0 spiro atoms. The van der Waals surface area contributed by atoms with Crippen molar-refractivity contribution in [2.45, 2.75) is 38.3 Å². The van der Waals surface area contributed by atoms with E-state index in [0.717, 1.165) is 58.4 Å². The summed E-state index contributed by atoms with van der Waals surface area (Å²) >= 11 is 0. The largest absolute Gasteiger partial charge is 0.347 e. The lowest BCUT2D eigenvalue weighted by Gasteiger charge is -2.42. The topological polar surface area (TPSA) is 68.8 Å². The van der Waals surface area contributed by atoms with Crippen molar-refractivity contribution in [3.05, 3.63) is 30.1 Å². The van der Waals surface area contributed by atoms with Crippen molar-refractivity contribution >= 4 is 11.8 Å². The first-order valence-electron chi connectivity index (χ1n) is 10.4. The molecule has 0 radical (unpaired) electrons. The summed E-state index contributed by atoms with van der Waals surface area (Å²) in [7, 11) is 3.41. The second-order valence-electron chi connectivity index (χ2n) is 8.20. The Bertz CT molecular complexity index is 643. The van der Waals surface area contributed by atoms with Gasteiger partial charge in [-0.1, -0.05) is 0 Å². The molecular formula is C21H33N5O2. The number of likely N-dealkylation sites (tertiary alicyclic amines) is 2. The number of nitrogens with zero attached hydrogens (tertiary/aromatic N) is 4. The van der Waals surface area contributed by atoms with Crippen LogP contribution >= 0.6 is 0 Å². The van der Waals surface area contributed by atoms with Crippen LogP contribution in [-0.2, 0) is 16.1 Å². The molecule has 7 heteroatoms. The molecular weight excluding hydrogens is 354 g/mol.